The van der Waals surface area contributed by atoms with E-state index >= 15 is 0 Å². The van der Waals surface area contributed by atoms with Crippen LogP contribution in [0.25, 0.3) is 0 Å². The molecule has 1 rings (SSSR count). The number of rotatable bonds is 7. The summed E-state index contributed by atoms with van der Waals surface area (Å²) in [5, 5.41) is 2.72. The zero-order valence-corrected chi connectivity index (χ0v) is 11.7. The van der Waals surface area contributed by atoms with Gasteiger partial charge < -0.3 is 20.7 Å². The molecule has 0 unspecified atom stereocenters. The second-order valence-corrected chi connectivity index (χ2v) is 4.26. The van der Waals surface area contributed by atoms with Crippen LogP contribution in [0.5, 0.6) is 0 Å². The quantitative estimate of drug-likeness (QED) is 0.505. The van der Waals surface area contributed by atoms with Crippen molar-refractivity contribution in [1.29, 1.82) is 0 Å². The van der Waals surface area contributed by atoms with Crippen LogP contribution in [-0.2, 0) is 9.53 Å². The molecule has 1 heterocycles. The molecule has 104 valence electrons. The van der Waals surface area contributed by atoms with Gasteiger partial charge in [-0.15, -0.1) is 0 Å². The lowest BCUT2D eigenvalue weighted by Gasteiger charge is -2.17. The van der Waals surface area contributed by atoms with Gasteiger partial charge >= 0.3 is 0 Å². The molecule has 0 saturated carbocycles. The van der Waals surface area contributed by atoms with Gasteiger partial charge in [-0.1, -0.05) is 12.2 Å². The minimum atomic E-state index is -0.111. The molecule has 0 saturated heterocycles. The smallest absolute Gasteiger partial charge is 0.239 e. The molecule has 0 aliphatic heterocycles. The standard InChI is InChI=1S/C11H17N5O2S/c1-16(7-10(17)13-3-4-18-2)9-6-14-8(5-15-9)11(12)19/h5-6H,3-4,7H2,1-2H3,(H2,12,19)(H,13,17). The Morgan fingerprint density at radius 1 is 1.53 bits per heavy atom. The van der Waals surface area contributed by atoms with Crippen molar-refractivity contribution in [2.45, 2.75) is 0 Å². The van der Waals surface area contributed by atoms with E-state index in [4.69, 9.17) is 22.7 Å². The van der Waals surface area contributed by atoms with Crippen molar-refractivity contribution in [3.63, 3.8) is 0 Å². The number of ether oxygens (including phenoxy) is 1. The van der Waals surface area contributed by atoms with Crippen LogP contribution < -0.4 is 16.0 Å². The Kier molecular flexibility index (Phi) is 6.10. The highest BCUT2D eigenvalue weighted by molar-refractivity contribution is 7.80. The molecule has 7 nitrogen and oxygen atoms in total. The third-order valence-electron chi connectivity index (χ3n) is 2.29. The van der Waals surface area contributed by atoms with Gasteiger partial charge in [-0.25, -0.2) is 9.97 Å². The monoisotopic (exact) mass is 283 g/mol. The maximum Gasteiger partial charge on any atom is 0.239 e. The molecule has 0 fully saturated rings. The van der Waals surface area contributed by atoms with E-state index in [1.54, 1.807) is 19.1 Å². The second-order valence-electron chi connectivity index (χ2n) is 3.82. The van der Waals surface area contributed by atoms with Crippen molar-refractivity contribution >= 4 is 28.9 Å². The molecular formula is C11H17N5O2S. The van der Waals surface area contributed by atoms with Gasteiger partial charge in [0.1, 0.15) is 16.5 Å². The Labute approximate surface area is 117 Å². The number of methoxy groups -OCH3 is 1. The molecule has 0 aromatic carbocycles. The van der Waals surface area contributed by atoms with E-state index in [2.05, 4.69) is 15.3 Å². The number of hydrogen-bond donors (Lipinski definition) is 2. The Hall–Kier alpha value is -1.80. The van der Waals surface area contributed by atoms with Crippen molar-refractivity contribution in [3.05, 3.63) is 18.1 Å². The highest BCUT2D eigenvalue weighted by Gasteiger charge is 2.09. The van der Waals surface area contributed by atoms with Gasteiger partial charge in [-0.2, -0.15) is 0 Å². The number of carbonyl (C=O) groups is 1. The van der Waals surface area contributed by atoms with Crippen LogP contribution in [-0.4, -0.2) is 54.7 Å². The molecule has 0 atom stereocenters. The first-order valence-electron chi connectivity index (χ1n) is 5.63. The van der Waals surface area contributed by atoms with E-state index in [1.165, 1.54) is 12.4 Å². The zero-order chi connectivity index (χ0) is 14.3. The lowest BCUT2D eigenvalue weighted by atomic mass is 10.4. The third kappa shape index (κ3) is 5.14. The van der Waals surface area contributed by atoms with Gasteiger partial charge in [0.2, 0.25) is 5.91 Å². The van der Waals surface area contributed by atoms with Gasteiger partial charge in [0.15, 0.2) is 0 Å². The topological polar surface area (TPSA) is 93.4 Å². The lowest BCUT2D eigenvalue weighted by molar-refractivity contribution is -0.119. The zero-order valence-electron chi connectivity index (χ0n) is 10.9. The highest BCUT2D eigenvalue weighted by Crippen LogP contribution is 2.06. The van der Waals surface area contributed by atoms with Gasteiger partial charge in [0.25, 0.3) is 0 Å². The maximum absolute atomic E-state index is 11.6. The minimum Gasteiger partial charge on any atom is -0.388 e. The number of nitrogens with one attached hydrogen (secondary N) is 1. The van der Waals surface area contributed by atoms with E-state index in [-0.39, 0.29) is 17.4 Å². The summed E-state index contributed by atoms with van der Waals surface area (Å²) in [6.45, 7) is 1.15. The average molecular weight is 283 g/mol. The van der Waals surface area contributed by atoms with Crippen molar-refractivity contribution in [3.8, 4) is 0 Å². The number of nitrogens with zero attached hydrogens (tertiary/aromatic N) is 3. The van der Waals surface area contributed by atoms with E-state index in [0.29, 0.717) is 24.7 Å². The van der Waals surface area contributed by atoms with Gasteiger partial charge in [0, 0.05) is 20.7 Å². The number of thiocarbonyl (C=S) groups is 1. The van der Waals surface area contributed by atoms with E-state index in [9.17, 15) is 4.79 Å². The summed E-state index contributed by atoms with van der Waals surface area (Å²) in [6, 6.07) is 0. The van der Waals surface area contributed by atoms with Crippen LogP contribution in [0.3, 0.4) is 0 Å². The molecular weight excluding hydrogens is 266 g/mol. The number of carbonyl (C=O) groups excluding carboxylic acids is 1. The molecule has 0 radical (unpaired) electrons. The van der Waals surface area contributed by atoms with E-state index in [1.807, 2.05) is 0 Å². The fraction of sp³-hybridized carbons (Fsp3) is 0.455. The predicted octanol–water partition coefficient (Wildman–Crippen LogP) is -0.690. The van der Waals surface area contributed by atoms with Crippen LogP contribution in [0.2, 0.25) is 0 Å². The molecule has 8 heteroatoms. The molecule has 3 N–H and O–H groups in total. The number of anilines is 1. The largest absolute Gasteiger partial charge is 0.388 e. The number of amides is 1. The normalized spacial score (nSPS) is 10.0. The van der Waals surface area contributed by atoms with Crippen LogP contribution in [0, 0.1) is 0 Å². The van der Waals surface area contributed by atoms with Crippen LogP contribution in [0.1, 0.15) is 5.69 Å². The van der Waals surface area contributed by atoms with Gasteiger partial charge in [-0.3, -0.25) is 4.79 Å². The van der Waals surface area contributed by atoms with Gasteiger partial charge in [-0.05, 0) is 0 Å². The number of nitrogens with two attached hydrogens (primary N) is 1. The SMILES string of the molecule is COCCNC(=O)CN(C)c1cnc(C(N)=S)cn1. The molecule has 0 aliphatic carbocycles. The molecule has 0 aliphatic rings. The Bertz CT molecular complexity index is 437. The molecule has 1 aromatic heterocycles. The summed E-state index contributed by atoms with van der Waals surface area (Å²) in [6.07, 6.45) is 3.01. The summed E-state index contributed by atoms with van der Waals surface area (Å²) >= 11 is 4.79. The van der Waals surface area contributed by atoms with E-state index < -0.39 is 0 Å². The lowest BCUT2D eigenvalue weighted by Crippen LogP contribution is -2.37. The Morgan fingerprint density at radius 3 is 2.79 bits per heavy atom. The third-order valence-corrected chi connectivity index (χ3v) is 2.50. The van der Waals surface area contributed by atoms with Gasteiger partial charge in [0.05, 0.1) is 25.5 Å². The summed E-state index contributed by atoms with van der Waals surface area (Å²) in [5.41, 5.74) is 5.88. The predicted molar refractivity (Wildman–Crippen MR) is 76.1 cm³/mol. The first kappa shape index (κ1) is 15.3. The number of hydrogen-bond acceptors (Lipinski definition) is 6. The van der Waals surface area contributed by atoms with Crippen molar-refractivity contribution in [1.82, 2.24) is 15.3 Å². The number of likely N-dealkylation sites (N-methyl/N-ethyl adjacent to an activating group) is 1. The second kappa shape index (κ2) is 7.59. The average Bonchev–Trinajstić information content (AvgIpc) is 2.39. The highest BCUT2D eigenvalue weighted by atomic mass is 32.1. The fourth-order valence-electron chi connectivity index (χ4n) is 1.29. The summed E-state index contributed by atoms with van der Waals surface area (Å²) in [5.74, 6) is 0.460. The minimum absolute atomic E-state index is 0.111. The molecule has 1 amide bonds. The maximum atomic E-state index is 11.6. The van der Waals surface area contributed by atoms with Crippen molar-refractivity contribution in [2.75, 3.05) is 38.8 Å². The van der Waals surface area contributed by atoms with E-state index in [0.717, 1.165) is 0 Å². The molecule has 19 heavy (non-hydrogen) atoms. The molecule has 1 aromatic rings. The first-order valence-corrected chi connectivity index (χ1v) is 6.04. The van der Waals surface area contributed by atoms with Crippen molar-refractivity contribution in [2.24, 2.45) is 5.73 Å². The number of aromatic nitrogens is 2. The van der Waals surface area contributed by atoms with Crippen LogP contribution in [0.15, 0.2) is 12.4 Å². The molecule has 0 bridgehead atoms. The summed E-state index contributed by atoms with van der Waals surface area (Å²) in [7, 11) is 3.33. The Morgan fingerprint density at radius 2 is 2.26 bits per heavy atom. The molecule has 0 spiro atoms. The Balaban J connectivity index is 2.50. The van der Waals surface area contributed by atoms with Crippen molar-refractivity contribution < 1.29 is 9.53 Å². The summed E-state index contributed by atoms with van der Waals surface area (Å²) < 4.78 is 4.84. The fourth-order valence-corrected chi connectivity index (χ4v) is 1.40. The van der Waals surface area contributed by atoms with Crippen LogP contribution in [0.4, 0.5) is 5.82 Å². The van der Waals surface area contributed by atoms with Crippen LogP contribution >= 0.6 is 12.2 Å². The first-order chi connectivity index (χ1) is 9.04. The summed E-state index contributed by atoms with van der Waals surface area (Å²) in [4.78, 5) is 21.7.